The lowest BCUT2D eigenvalue weighted by Gasteiger charge is -2.33. The molecule has 1 aromatic heterocycles. The van der Waals surface area contributed by atoms with Crippen molar-refractivity contribution in [3.05, 3.63) is 47.0 Å². The number of benzene rings is 1. The topological polar surface area (TPSA) is 61.4 Å². The maximum absolute atomic E-state index is 10.4. The second-order valence-corrected chi connectivity index (χ2v) is 7.19. The number of imidazole rings is 1. The van der Waals surface area contributed by atoms with Gasteiger partial charge in [0.15, 0.2) is 0 Å². The molecule has 5 nitrogen and oxygen atoms in total. The van der Waals surface area contributed by atoms with Gasteiger partial charge in [0, 0.05) is 31.4 Å². The van der Waals surface area contributed by atoms with Gasteiger partial charge in [-0.2, -0.15) is 0 Å². The molecule has 1 aliphatic rings. The van der Waals surface area contributed by atoms with E-state index in [4.69, 9.17) is 4.74 Å². The van der Waals surface area contributed by atoms with Gasteiger partial charge in [0.2, 0.25) is 0 Å². The molecular formula is C20H29N3O2. The first-order chi connectivity index (χ1) is 12.0. The quantitative estimate of drug-likeness (QED) is 0.846. The van der Waals surface area contributed by atoms with Crippen molar-refractivity contribution in [2.75, 3.05) is 26.2 Å². The van der Waals surface area contributed by atoms with Crippen molar-refractivity contribution >= 4 is 0 Å². The monoisotopic (exact) mass is 343 g/mol. The lowest BCUT2D eigenvalue weighted by molar-refractivity contribution is 0.0574. The van der Waals surface area contributed by atoms with Crippen LogP contribution in [0.25, 0.3) is 0 Å². The van der Waals surface area contributed by atoms with E-state index < -0.39 is 6.10 Å². The average Bonchev–Trinajstić information content (AvgIpc) is 3.13. The van der Waals surface area contributed by atoms with E-state index in [1.54, 1.807) is 0 Å². The Bertz CT molecular complexity index is 684. The van der Waals surface area contributed by atoms with Crippen LogP contribution in [-0.4, -0.2) is 52.3 Å². The van der Waals surface area contributed by atoms with E-state index in [9.17, 15) is 5.11 Å². The third-order valence-electron chi connectivity index (χ3n) is 5.17. The number of nitrogens with zero attached hydrogens (tertiary/aromatic N) is 2. The molecule has 0 radical (unpaired) electrons. The summed E-state index contributed by atoms with van der Waals surface area (Å²) < 4.78 is 5.96. The van der Waals surface area contributed by atoms with E-state index in [0.29, 0.717) is 19.1 Å². The van der Waals surface area contributed by atoms with Crippen molar-refractivity contribution in [3.63, 3.8) is 0 Å². The summed E-state index contributed by atoms with van der Waals surface area (Å²) in [7, 11) is 0. The molecule has 1 fully saturated rings. The predicted molar refractivity (Wildman–Crippen MR) is 99.2 cm³/mol. The number of H-pyrrole nitrogens is 1. The van der Waals surface area contributed by atoms with Gasteiger partial charge in [-0.05, 0) is 56.8 Å². The Labute approximate surface area is 150 Å². The normalized spacial score (nSPS) is 19.8. The van der Waals surface area contributed by atoms with Gasteiger partial charge in [0.25, 0.3) is 0 Å². The van der Waals surface area contributed by atoms with Crippen LogP contribution in [0.5, 0.6) is 5.75 Å². The molecule has 0 spiro atoms. The summed E-state index contributed by atoms with van der Waals surface area (Å²) in [5.74, 6) is 2.39. The van der Waals surface area contributed by atoms with E-state index in [0.717, 1.165) is 48.6 Å². The molecule has 2 aromatic rings. The van der Waals surface area contributed by atoms with Gasteiger partial charge < -0.3 is 14.8 Å². The third kappa shape index (κ3) is 4.41. The molecule has 3 rings (SSSR count). The second-order valence-electron chi connectivity index (χ2n) is 7.19. The average molecular weight is 343 g/mol. The zero-order chi connectivity index (χ0) is 17.8. The fourth-order valence-electron chi connectivity index (χ4n) is 3.62. The Morgan fingerprint density at radius 1 is 1.32 bits per heavy atom. The zero-order valence-electron chi connectivity index (χ0n) is 15.5. The minimum absolute atomic E-state index is 0.326. The number of ether oxygens (including phenoxy) is 1. The smallest absolute Gasteiger partial charge is 0.125 e. The number of β-amino-alcohol motifs (C(OH)–C–C–N with tert-alkyl or cyclic N) is 1. The van der Waals surface area contributed by atoms with Crippen LogP contribution in [0.4, 0.5) is 0 Å². The molecule has 5 heteroatoms. The molecule has 2 unspecified atom stereocenters. The Morgan fingerprint density at radius 3 is 2.88 bits per heavy atom. The van der Waals surface area contributed by atoms with E-state index in [2.05, 4.69) is 40.8 Å². The number of nitrogens with one attached hydrogen (secondary N) is 1. The van der Waals surface area contributed by atoms with Crippen LogP contribution in [0.15, 0.2) is 24.5 Å². The van der Waals surface area contributed by atoms with Crippen molar-refractivity contribution in [1.29, 1.82) is 0 Å². The highest BCUT2D eigenvalue weighted by Crippen LogP contribution is 2.26. The minimum Gasteiger partial charge on any atom is -0.490 e. The maximum Gasteiger partial charge on any atom is 0.125 e. The Morgan fingerprint density at radius 2 is 2.12 bits per heavy atom. The van der Waals surface area contributed by atoms with Crippen LogP contribution in [0.3, 0.4) is 0 Å². The molecule has 136 valence electrons. The molecule has 1 saturated heterocycles. The Hall–Kier alpha value is -1.85. The van der Waals surface area contributed by atoms with E-state index >= 15 is 0 Å². The van der Waals surface area contributed by atoms with Gasteiger partial charge in [0.05, 0.1) is 0 Å². The predicted octanol–water partition coefficient (Wildman–Crippen LogP) is 2.95. The summed E-state index contributed by atoms with van der Waals surface area (Å²) >= 11 is 0. The summed E-state index contributed by atoms with van der Waals surface area (Å²) in [5.41, 5.74) is 3.49. The van der Waals surface area contributed by atoms with Crippen LogP contribution in [0.2, 0.25) is 0 Å². The highest BCUT2D eigenvalue weighted by atomic mass is 16.5. The number of aliphatic hydroxyl groups is 1. The highest BCUT2D eigenvalue weighted by Gasteiger charge is 2.24. The van der Waals surface area contributed by atoms with Crippen molar-refractivity contribution in [2.24, 2.45) is 0 Å². The molecule has 0 bridgehead atoms. The number of aliphatic hydroxyl groups excluding tert-OH is 1. The SMILES string of the molecule is Cc1ccc(C)c(OCC(O)CN2CCCC(c3ncc[nH]3)C2)c1C. The van der Waals surface area contributed by atoms with E-state index in [1.807, 2.05) is 19.3 Å². The molecule has 1 aliphatic heterocycles. The van der Waals surface area contributed by atoms with Gasteiger partial charge in [0.1, 0.15) is 24.3 Å². The van der Waals surface area contributed by atoms with Crippen molar-refractivity contribution in [1.82, 2.24) is 14.9 Å². The summed E-state index contributed by atoms with van der Waals surface area (Å²) in [4.78, 5) is 9.93. The first-order valence-electron chi connectivity index (χ1n) is 9.14. The standard InChI is InChI=1S/C20H29N3O2/c1-14-6-7-15(2)19(16(14)3)25-13-18(24)12-23-10-4-5-17(11-23)20-21-8-9-22-20/h6-9,17-18,24H,4-5,10-13H2,1-3H3,(H,21,22). The first kappa shape index (κ1) is 18.0. The van der Waals surface area contributed by atoms with Crippen molar-refractivity contribution < 1.29 is 9.84 Å². The van der Waals surface area contributed by atoms with Gasteiger partial charge in [-0.1, -0.05) is 12.1 Å². The number of aromatic nitrogens is 2. The van der Waals surface area contributed by atoms with E-state index in [-0.39, 0.29) is 0 Å². The number of aryl methyl sites for hydroxylation is 2. The van der Waals surface area contributed by atoms with Crippen molar-refractivity contribution in [3.8, 4) is 5.75 Å². The number of piperidine rings is 1. The number of likely N-dealkylation sites (tertiary alicyclic amines) is 1. The highest BCUT2D eigenvalue weighted by molar-refractivity contribution is 5.44. The summed E-state index contributed by atoms with van der Waals surface area (Å²) in [5, 5.41) is 10.4. The number of hydrogen-bond acceptors (Lipinski definition) is 4. The van der Waals surface area contributed by atoms with Crippen molar-refractivity contribution in [2.45, 2.75) is 45.6 Å². The summed E-state index contributed by atoms with van der Waals surface area (Å²) in [6.45, 7) is 9.13. The molecule has 2 N–H and O–H groups in total. The lowest BCUT2D eigenvalue weighted by atomic mass is 9.97. The molecule has 0 saturated carbocycles. The van der Waals surface area contributed by atoms with Gasteiger partial charge in [-0.15, -0.1) is 0 Å². The molecule has 2 heterocycles. The van der Waals surface area contributed by atoms with Gasteiger partial charge >= 0.3 is 0 Å². The van der Waals surface area contributed by atoms with Crippen LogP contribution >= 0.6 is 0 Å². The molecule has 2 atom stereocenters. The molecule has 25 heavy (non-hydrogen) atoms. The summed E-state index contributed by atoms with van der Waals surface area (Å²) in [6.07, 6.45) is 5.48. The van der Waals surface area contributed by atoms with Crippen LogP contribution in [0.1, 0.15) is 41.3 Å². The Kier molecular flexibility index (Phi) is 5.76. The third-order valence-corrected chi connectivity index (χ3v) is 5.17. The minimum atomic E-state index is -0.491. The number of hydrogen-bond donors (Lipinski definition) is 2. The molecular weight excluding hydrogens is 314 g/mol. The van der Waals surface area contributed by atoms with Gasteiger partial charge in [-0.25, -0.2) is 4.98 Å². The lowest BCUT2D eigenvalue weighted by Crippen LogP contribution is -2.41. The maximum atomic E-state index is 10.4. The van der Waals surface area contributed by atoms with Crippen LogP contribution in [-0.2, 0) is 0 Å². The van der Waals surface area contributed by atoms with E-state index in [1.165, 1.54) is 5.56 Å². The zero-order valence-corrected chi connectivity index (χ0v) is 15.5. The van der Waals surface area contributed by atoms with Crippen LogP contribution < -0.4 is 4.74 Å². The summed E-state index contributed by atoms with van der Waals surface area (Å²) in [6, 6.07) is 4.18. The molecule has 0 aliphatic carbocycles. The fraction of sp³-hybridized carbons (Fsp3) is 0.550. The number of aromatic amines is 1. The first-order valence-corrected chi connectivity index (χ1v) is 9.14. The molecule has 1 aromatic carbocycles. The Balaban J connectivity index is 1.52. The van der Waals surface area contributed by atoms with Gasteiger partial charge in [-0.3, -0.25) is 4.90 Å². The molecule has 0 amide bonds. The van der Waals surface area contributed by atoms with Crippen LogP contribution in [0, 0.1) is 20.8 Å². The fourth-order valence-corrected chi connectivity index (χ4v) is 3.62. The second kappa shape index (κ2) is 8.02. The largest absolute Gasteiger partial charge is 0.490 e. The number of rotatable bonds is 6.